The van der Waals surface area contributed by atoms with E-state index in [9.17, 15) is 14.9 Å². The van der Waals surface area contributed by atoms with E-state index in [4.69, 9.17) is 5.73 Å². The Balaban J connectivity index is 2.22. The van der Waals surface area contributed by atoms with Gasteiger partial charge in [-0.25, -0.2) is 0 Å². The van der Waals surface area contributed by atoms with Gasteiger partial charge in [-0.05, 0) is 23.6 Å². The molecule has 2 aromatic rings. The summed E-state index contributed by atoms with van der Waals surface area (Å²) in [5, 5.41) is 15.3. The number of nitrogens with one attached hydrogen (secondary N) is 1. The second kappa shape index (κ2) is 6.12. The minimum absolute atomic E-state index is 0.121. The van der Waals surface area contributed by atoms with Gasteiger partial charge >= 0.3 is 0 Å². The van der Waals surface area contributed by atoms with Crippen molar-refractivity contribution >= 4 is 44.5 Å². The maximum Gasteiger partial charge on any atom is 0.293 e. The Morgan fingerprint density at radius 1 is 1.45 bits per heavy atom. The van der Waals surface area contributed by atoms with Crippen LogP contribution in [0.2, 0.25) is 0 Å². The summed E-state index contributed by atoms with van der Waals surface area (Å²) in [6.45, 7) is 0. The maximum atomic E-state index is 12.0. The number of hydrogen-bond donors (Lipinski definition) is 2. The highest BCUT2D eigenvalue weighted by Crippen LogP contribution is 2.29. The van der Waals surface area contributed by atoms with Crippen molar-refractivity contribution < 1.29 is 9.72 Å². The molecule has 1 unspecified atom stereocenters. The van der Waals surface area contributed by atoms with Gasteiger partial charge in [-0.3, -0.25) is 14.9 Å². The molecule has 104 valence electrons. The van der Waals surface area contributed by atoms with Crippen LogP contribution >= 0.6 is 27.3 Å². The van der Waals surface area contributed by atoms with E-state index in [1.165, 1.54) is 23.5 Å². The smallest absolute Gasteiger partial charge is 0.293 e. The summed E-state index contributed by atoms with van der Waals surface area (Å²) in [7, 11) is 0. The lowest BCUT2D eigenvalue weighted by atomic mass is 10.2. The standard InChI is InChI=1S/C12H10BrN3O3S/c13-7-3-4-8(9(6-7)16(18)19)15-12(17)11(14)10-2-1-5-20-10/h1-6,11H,14H2,(H,15,17). The van der Waals surface area contributed by atoms with Crippen molar-refractivity contribution in [1.29, 1.82) is 0 Å². The first kappa shape index (κ1) is 14.6. The average Bonchev–Trinajstić information content (AvgIpc) is 2.93. The van der Waals surface area contributed by atoms with Gasteiger partial charge < -0.3 is 11.1 Å². The van der Waals surface area contributed by atoms with Crippen LogP contribution in [0.1, 0.15) is 10.9 Å². The number of rotatable bonds is 4. The average molecular weight is 356 g/mol. The molecular formula is C12H10BrN3O3S. The van der Waals surface area contributed by atoms with Crippen molar-refractivity contribution in [3.05, 3.63) is 55.2 Å². The van der Waals surface area contributed by atoms with Gasteiger partial charge in [0.1, 0.15) is 11.7 Å². The van der Waals surface area contributed by atoms with Crippen LogP contribution in [0.25, 0.3) is 0 Å². The van der Waals surface area contributed by atoms with Gasteiger partial charge in [-0.2, -0.15) is 0 Å². The minimum Gasteiger partial charge on any atom is -0.319 e. The molecule has 0 radical (unpaired) electrons. The Kier molecular flexibility index (Phi) is 4.48. The number of nitro benzene ring substituents is 1. The van der Waals surface area contributed by atoms with Gasteiger partial charge in [-0.15, -0.1) is 11.3 Å². The largest absolute Gasteiger partial charge is 0.319 e. The summed E-state index contributed by atoms with van der Waals surface area (Å²) in [5.41, 5.74) is 5.74. The fourth-order valence-electron chi connectivity index (χ4n) is 1.57. The van der Waals surface area contributed by atoms with Crippen molar-refractivity contribution in [1.82, 2.24) is 0 Å². The van der Waals surface area contributed by atoms with Crippen molar-refractivity contribution in [2.24, 2.45) is 5.73 Å². The van der Waals surface area contributed by atoms with Crippen LogP contribution in [0.15, 0.2) is 40.2 Å². The lowest BCUT2D eigenvalue weighted by Gasteiger charge is -2.11. The number of benzene rings is 1. The molecule has 0 saturated carbocycles. The summed E-state index contributed by atoms with van der Waals surface area (Å²) in [4.78, 5) is 23.1. The molecule has 0 bridgehead atoms. The summed E-state index contributed by atoms with van der Waals surface area (Å²) >= 11 is 4.51. The van der Waals surface area contributed by atoms with Crippen molar-refractivity contribution in [2.45, 2.75) is 6.04 Å². The van der Waals surface area contributed by atoms with Crippen LogP contribution in [0.5, 0.6) is 0 Å². The first-order valence-corrected chi connectivity index (χ1v) is 7.20. The maximum absolute atomic E-state index is 12.0. The lowest BCUT2D eigenvalue weighted by Crippen LogP contribution is -2.27. The number of nitrogens with two attached hydrogens (primary N) is 1. The predicted molar refractivity (Wildman–Crippen MR) is 80.7 cm³/mol. The zero-order valence-corrected chi connectivity index (χ0v) is 12.5. The quantitative estimate of drug-likeness (QED) is 0.650. The third-order valence-corrected chi connectivity index (χ3v) is 4.00. The highest BCUT2D eigenvalue weighted by Gasteiger charge is 2.21. The van der Waals surface area contributed by atoms with E-state index in [-0.39, 0.29) is 11.4 Å². The van der Waals surface area contributed by atoms with Crippen molar-refractivity contribution in [2.75, 3.05) is 5.32 Å². The summed E-state index contributed by atoms with van der Waals surface area (Å²) < 4.78 is 0.560. The summed E-state index contributed by atoms with van der Waals surface area (Å²) in [6, 6.07) is 7.07. The van der Waals surface area contributed by atoms with Crippen LogP contribution in [0, 0.1) is 10.1 Å². The highest BCUT2D eigenvalue weighted by atomic mass is 79.9. The second-order valence-corrected chi connectivity index (χ2v) is 5.80. The van der Waals surface area contributed by atoms with Crippen LogP contribution < -0.4 is 11.1 Å². The Morgan fingerprint density at radius 2 is 2.20 bits per heavy atom. The van der Waals surface area contributed by atoms with Crippen LogP contribution in [-0.2, 0) is 4.79 Å². The fraction of sp³-hybridized carbons (Fsp3) is 0.0833. The monoisotopic (exact) mass is 355 g/mol. The van der Waals surface area contributed by atoms with E-state index < -0.39 is 16.9 Å². The Morgan fingerprint density at radius 3 is 2.80 bits per heavy atom. The summed E-state index contributed by atoms with van der Waals surface area (Å²) in [6.07, 6.45) is 0. The van der Waals surface area contributed by atoms with Gasteiger partial charge in [0.25, 0.3) is 5.69 Å². The van der Waals surface area contributed by atoms with Crippen LogP contribution in [0.3, 0.4) is 0 Å². The molecule has 0 spiro atoms. The molecular weight excluding hydrogens is 346 g/mol. The molecule has 20 heavy (non-hydrogen) atoms. The number of carbonyl (C=O) groups is 1. The molecule has 0 aliphatic heterocycles. The van der Waals surface area contributed by atoms with Crippen LogP contribution in [0.4, 0.5) is 11.4 Å². The zero-order chi connectivity index (χ0) is 14.7. The first-order chi connectivity index (χ1) is 9.49. The molecule has 1 atom stereocenters. The fourth-order valence-corrected chi connectivity index (χ4v) is 2.64. The minimum atomic E-state index is -0.849. The number of thiophene rings is 1. The first-order valence-electron chi connectivity index (χ1n) is 5.53. The number of nitrogens with zero attached hydrogens (tertiary/aromatic N) is 1. The molecule has 0 saturated heterocycles. The van der Waals surface area contributed by atoms with E-state index in [1.54, 1.807) is 18.2 Å². The molecule has 1 aromatic heterocycles. The number of amides is 1. The third kappa shape index (κ3) is 3.21. The Labute approximate surface area is 126 Å². The number of anilines is 1. The molecule has 1 amide bonds. The Bertz CT molecular complexity index is 645. The molecule has 2 rings (SSSR count). The van der Waals surface area contributed by atoms with Gasteiger partial charge in [-0.1, -0.05) is 22.0 Å². The number of halogens is 1. The Hall–Kier alpha value is -1.77. The molecule has 0 aliphatic rings. The highest BCUT2D eigenvalue weighted by molar-refractivity contribution is 9.10. The van der Waals surface area contributed by atoms with Crippen molar-refractivity contribution in [3.63, 3.8) is 0 Å². The van der Waals surface area contributed by atoms with E-state index in [2.05, 4.69) is 21.2 Å². The topological polar surface area (TPSA) is 98.3 Å². The summed E-state index contributed by atoms with van der Waals surface area (Å²) in [5.74, 6) is -0.488. The lowest BCUT2D eigenvalue weighted by molar-refractivity contribution is -0.384. The molecule has 0 aliphatic carbocycles. The second-order valence-electron chi connectivity index (χ2n) is 3.90. The predicted octanol–water partition coefficient (Wildman–Crippen LogP) is 3.06. The van der Waals surface area contributed by atoms with Gasteiger partial charge in [0.2, 0.25) is 5.91 Å². The zero-order valence-electron chi connectivity index (χ0n) is 10.1. The van der Waals surface area contributed by atoms with Crippen molar-refractivity contribution in [3.8, 4) is 0 Å². The molecule has 3 N–H and O–H groups in total. The van der Waals surface area contributed by atoms with E-state index in [0.717, 1.165) is 0 Å². The van der Waals surface area contributed by atoms with Gasteiger partial charge in [0.05, 0.1) is 4.92 Å². The third-order valence-electron chi connectivity index (χ3n) is 2.55. The van der Waals surface area contributed by atoms with E-state index in [1.807, 2.05) is 5.38 Å². The molecule has 8 heteroatoms. The normalized spacial score (nSPS) is 11.9. The SMILES string of the molecule is NC(C(=O)Nc1ccc(Br)cc1[N+](=O)[O-])c1cccs1. The number of nitro groups is 1. The van der Waals surface area contributed by atoms with E-state index >= 15 is 0 Å². The number of hydrogen-bond acceptors (Lipinski definition) is 5. The molecule has 0 fully saturated rings. The van der Waals surface area contributed by atoms with E-state index in [0.29, 0.717) is 9.35 Å². The molecule has 6 nitrogen and oxygen atoms in total. The molecule has 1 heterocycles. The van der Waals surface area contributed by atoms with Crippen LogP contribution in [-0.4, -0.2) is 10.8 Å². The molecule has 1 aromatic carbocycles. The van der Waals surface area contributed by atoms with Gasteiger partial charge in [0.15, 0.2) is 0 Å². The van der Waals surface area contributed by atoms with Gasteiger partial charge in [0, 0.05) is 15.4 Å². The number of carbonyl (C=O) groups excluding carboxylic acids is 1.